The Morgan fingerprint density at radius 1 is 0.833 bits per heavy atom. The van der Waals surface area contributed by atoms with Crippen molar-refractivity contribution in [1.82, 2.24) is 0 Å². The lowest BCUT2D eigenvalue weighted by Crippen LogP contribution is -2.13. The highest BCUT2D eigenvalue weighted by Gasteiger charge is 1.97. The number of aliphatic carboxylic acids is 1. The molecule has 0 aliphatic carbocycles. The van der Waals surface area contributed by atoms with Crippen molar-refractivity contribution in [1.29, 1.82) is 0 Å². The van der Waals surface area contributed by atoms with Crippen LogP contribution >= 0.6 is 11.8 Å². The molecule has 0 amide bonds. The first-order valence-corrected chi connectivity index (χ1v) is 9.15. The number of carbonyl (C=O) groups is 1. The van der Waals surface area contributed by atoms with E-state index < -0.39 is 5.97 Å². The number of para-hydroxylation sites is 1. The molecule has 0 atom stereocenters. The first-order valence-electron chi connectivity index (χ1n) is 7.99. The quantitative estimate of drug-likeness (QED) is 0.455. The Morgan fingerprint density at radius 2 is 1.42 bits per heavy atom. The molecule has 0 aromatic heterocycles. The molecule has 0 bridgehead atoms. The second-order valence-corrected chi connectivity index (χ2v) is 5.98. The number of thioether (sulfide) groups is 1. The summed E-state index contributed by atoms with van der Waals surface area (Å²) in [4.78, 5) is 10.3. The monoisotopic (exact) mass is 358 g/mol. The van der Waals surface area contributed by atoms with E-state index in [0.717, 1.165) is 11.5 Å². The van der Waals surface area contributed by atoms with Gasteiger partial charge in [0.2, 0.25) is 0 Å². The molecule has 0 aliphatic rings. The third kappa shape index (κ3) is 13.2. The second-order valence-electron chi connectivity index (χ2n) is 4.75. The highest BCUT2D eigenvalue weighted by atomic mass is 32.2. The number of benzene rings is 1. The van der Waals surface area contributed by atoms with Crippen LogP contribution in [0.5, 0.6) is 5.75 Å². The third-order valence-electron chi connectivity index (χ3n) is 2.82. The van der Waals surface area contributed by atoms with E-state index >= 15 is 0 Å². The predicted molar refractivity (Wildman–Crippen MR) is 94.0 cm³/mol. The first kappa shape index (κ1) is 20.8. The molecule has 0 saturated heterocycles. The number of hydrogen-bond acceptors (Lipinski definition) is 6. The van der Waals surface area contributed by atoms with Gasteiger partial charge in [-0.05, 0) is 12.1 Å². The number of hydrogen-bond donors (Lipinski definition) is 1. The fourth-order valence-corrected chi connectivity index (χ4v) is 2.42. The zero-order valence-corrected chi connectivity index (χ0v) is 14.7. The number of rotatable bonds is 16. The highest BCUT2D eigenvalue weighted by Crippen LogP contribution is 2.07. The maximum absolute atomic E-state index is 10.3. The fraction of sp³-hybridized carbons (Fsp3) is 0.588. The van der Waals surface area contributed by atoms with Gasteiger partial charge < -0.3 is 24.1 Å². The molecular weight excluding hydrogens is 332 g/mol. The largest absolute Gasteiger partial charge is 0.491 e. The highest BCUT2D eigenvalue weighted by molar-refractivity contribution is 7.99. The van der Waals surface area contributed by atoms with Gasteiger partial charge in [-0.3, -0.25) is 4.79 Å². The molecule has 136 valence electrons. The summed E-state index contributed by atoms with van der Waals surface area (Å²) in [5, 5.41) is 8.48. The molecule has 7 heteroatoms. The molecule has 6 nitrogen and oxygen atoms in total. The minimum atomic E-state index is -0.759. The van der Waals surface area contributed by atoms with E-state index in [9.17, 15) is 4.79 Å². The maximum atomic E-state index is 10.3. The summed E-state index contributed by atoms with van der Waals surface area (Å²) in [6, 6.07) is 9.63. The van der Waals surface area contributed by atoms with E-state index in [-0.39, 0.29) is 6.42 Å². The number of carboxylic acid groups (broad SMARTS) is 1. The van der Waals surface area contributed by atoms with Gasteiger partial charge in [0.15, 0.2) is 0 Å². The van der Waals surface area contributed by atoms with Crippen molar-refractivity contribution in [3.05, 3.63) is 30.3 Å². The lowest BCUT2D eigenvalue weighted by molar-refractivity contribution is -0.136. The van der Waals surface area contributed by atoms with Crippen molar-refractivity contribution in [3.63, 3.8) is 0 Å². The topological polar surface area (TPSA) is 74.2 Å². The van der Waals surface area contributed by atoms with E-state index in [0.29, 0.717) is 52.0 Å². The summed E-state index contributed by atoms with van der Waals surface area (Å²) in [6.07, 6.45) is 0.199. The first-order chi connectivity index (χ1) is 11.8. The van der Waals surface area contributed by atoms with Gasteiger partial charge in [-0.15, -0.1) is 0 Å². The summed E-state index contributed by atoms with van der Waals surface area (Å²) in [6.45, 7) is 3.79. The molecule has 0 radical (unpaired) electrons. The average Bonchev–Trinajstić information content (AvgIpc) is 2.59. The van der Waals surface area contributed by atoms with E-state index in [2.05, 4.69) is 0 Å². The van der Waals surface area contributed by atoms with Gasteiger partial charge >= 0.3 is 5.97 Å². The van der Waals surface area contributed by atoms with Gasteiger partial charge in [-0.2, -0.15) is 11.8 Å². The number of ether oxygens (including phenoxy) is 4. The van der Waals surface area contributed by atoms with Crippen LogP contribution < -0.4 is 4.74 Å². The molecule has 0 aliphatic heterocycles. The Labute approximate surface area is 147 Å². The molecule has 1 rings (SSSR count). The minimum absolute atomic E-state index is 0.199. The van der Waals surface area contributed by atoms with Crippen LogP contribution in [0.2, 0.25) is 0 Å². The average molecular weight is 358 g/mol. The van der Waals surface area contributed by atoms with Gasteiger partial charge in [0.25, 0.3) is 0 Å². The Balaban J connectivity index is 1.72. The van der Waals surface area contributed by atoms with Crippen molar-refractivity contribution < 1.29 is 28.8 Å². The molecule has 1 aromatic carbocycles. The lowest BCUT2D eigenvalue weighted by atomic mass is 10.3. The standard InChI is InChI=1S/C17H26O6S/c18-17(19)6-14-24-15-13-22-10-9-20-7-8-21-11-12-23-16-4-2-1-3-5-16/h1-5H,6-15H2,(H,18,19). The Morgan fingerprint density at radius 3 is 2.04 bits per heavy atom. The van der Waals surface area contributed by atoms with Crippen molar-refractivity contribution in [2.24, 2.45) is 0 Å². The van der Waals surface area contributed by atoms with E-state index in [4.69, 9.17) is 24.1 Å². The van der Waals surface area contributed by atoms with Crippen LogP contribution in [0.15, 0.2) is 30.3 Å². The Hall–Kier alpha value is -1.28. The molecular formula is C17H26O6S. The van der Waals surface area contributed by atoms with Gasteiger partial charge in [0, 0.05) is 11.5 Å². The summed E-state index contributed by atoms with van der Waals surface area (Å²) in [5.74, 6) is 1.51. The molecule has 0 heterocycles. The van der Waals surface area contributed by atoms with Crippen LogP contribution in [0.3, 0.4) is 0 Å². The van der Waals surface area contributed by atoms with Crippen LogP contribution in [-0.4, -0.2) is 68.8 Å². The van der Waals surface area contributed by atoms with E-state index in [1.807, 2.05) is 30.3 Å². The van der Waals surface area contributed by atoms with Crippen molar-refractivity contribution in [2.45, 2.75) is 6.42 Å². The summed E-state index contributed by atoms with van der Waals surface area (Å²) < 4.78 is 21.7. The number of carboxylic acids is 1. The Bertz CT molecular complexity index is 415. The van der Waals surface area contributed by atoms with Crippen molar-refractivity contribution >= 4 is 17.7 Å². The summed E-state index contributed by atoms with van der Waals surface area (Å²) in [7, 11) is 0. The van der Waals surface area contributed by atoms with Gasteiger partial charge in [0.1, 0.15) is 12.4 Å². The SMILES string of the molecule is O=C(O)CCSCCOCCOCCOCCOc1ccccc1. The third-order valence-corrected chi connectivity index (χ3v) is 3.76. The fourth-order valence-electron chi connectivity index (χ4n) is 1.66. The molecule has 0 spiro atoms. The maximum Gasteiger partial charge on any atom is 0.304 e. The van der Waals surface area contributed by atoms with Crippen molar-refractivity contribution in [3.8, 4) is 5.75 Å². The van der Waals surface area contributed by atoms with Gasteiger partial charge in [-0.25, -0.2) is 0 Å². The molecule has 0 unspecified atom stereocenters. The Kier molecular flexibility index (Phi) is 13.2. The van der Waals surface area contributed by atoms with Gasteiger partial charge in [0.05, 0.1) is 46.1 Å². The van der Waals surface area contributed by atoms with E-state index in [1.54, 1.807) is 11.8 Å². The molecule has 0 saturated carbocycles. The van der Waals surface area contributed by atoms with Crippen LogP contribution in [-0.2, 0) is 19.0 Å². The molecule has 24 heavy (non-hydrogen) atoms. The molecule has 0 fully saturated rings. The van der Waals surface area contributed by atoms with E-state index in [1.165, 1.54) is 0 Å². The van der Waals surface area contributed by atoms with Crippen LogP contribution in [0.25, 0.3) is 0 Å². The van der Waals surface area contributed by atoms with Crippen LogP contribution in [0.4, 0.5) is 0 Å². The van der Waals surface area contributed by atoms with Crippen molar-refractivity contribution in [2.75, 3.05) is 57.8 Å². The second kappa shape index (κ2) is 15.3. The smallest absolute Gasteiger partial charge is 0.304 e. The van der Waals surface area contributed by atoms with Crippen LogP contribution in [0, 0.1) is 0 Å². The summed E-state index contributed by atoms with van der Waals surface area (Å²) >= 11 is 1.58. The minimum Gasteiger partial charge on any atom is -0.491 e. The predicted octanol–water partition coefficient (Wildman–Crippen LogP) is 2.32. The zero-order valence-electron chi connectivity index (χ0n) is 13.9. The molecule has 1 aromatic rings. The normalized spacial score (nSPS) is 10.7. The zero-order chi connectivity index (χ0) is 17.3. The molecule has 1 N–H and O–H groups in total. The summed E-state index contributed by atoms with van der Waals surface area (Å²) in [5.41, 5.74) is 0. The van der Waals surface area contributed by atoms with Gasteiger partial charge in [-0.1, -0.05) is 18.2 Å². The lowest BCUT2D eigenvalue weighted by Gasteiger charge is -2.08. The van der Waals surface area contributed by atoms with Crippen LogP contribution in [0.1, 0.15) is 6.42 Å².